The van der Waals surface area contributed by atoms with E-state index in [1.165, 1.54) is 4.90 Å². The lowest BCUT2D eigenvalue weighted by Gasteiger charge is -2.35. The molecule has 1 aromatic carbocycles. The third kappa shape index (κ3) is 8.60. The summed E-state index contributed by atoms with van der Waals surface area (Å²) < 4.78 is 11.0. The normalized spacial score (nSPS) is 19.6. The van der Waals surface area contributed by atoms with Gasteiger partial charge in [-0.15, -0.1) is 0 Å². The van der Waals surface area contributed by atoms with E-state index in [1.807, 2.05) is 45.0 Å². The third-order valence-electron chi connectivity index (χ3n) is 7.43. The van der Waals surface area contributed by atoms with Crippen LogP contribution in [-0.2, 0) is 32.2 Å². The summed E-state index contributed by atoms with van der Waals surface area (Å²) in [6, 6.07) is 5.60. The summed E-state index contributed by atoms with van der Waals surface area (Å²) >= 11 is 0. The second kappa shape index (κ2) is 14.2. The van der Waals surface area contributed by atoms with Crippen LogP contribution in [0.1, 0.15) is 71.9 Å². The number of benzene rings is 1. The Balaban J connectivity index is 1.80. The van der Waals surface area contributed by atoms with Gasteiger partial charge in [0.1, 0.15) is 18.2 Å². The van der Waals surface area contributed by atoms with Crippen molar-refractivity contribution in [2.24, 2.45) is 11.3 Å². The molecule has 1 fully saturated rings. The molecule has 2 aliphatic rings. The molecule has 0 aromatic heterocycles. The number of fused-ring (bicyclic) bond motifs is 1. The zero-order valence-electron chi connectivity index (χ0n) is 25.5. The Labute approximate surface area is 248 Å². The molecular weight excluding hydrogens is 543 g/mol. The first-order valence-electron chi connectivity index (χ1n) is 14.6. The fraction of sp³-hybridized carbons (Fsp3) is 0.655. The first-order chi connectivity index (χ1) is 19.7. The first kappa shape index (κ1) is 33.2. The zero-order valence-corrected chi connectivity index (χ0v) is 25.5. The maximum atomic E-state index is 14.0. The summed E-state index contributed by atoms with van der Waals surface area (Å²) in [6.07, 6.45) is -1.19. The van der Waals surface area contributed by atoms with Gasteiger partial charge in [-0.1, -0.05) is 72.2 Å². The number of hydrogen-bond acceptors (Lipinski definition) is 8. The van der Waals surface area contributed by atoms with Crippen molar-refractivity contribution in [3.05, 3.63) is 35.4 Å². The summed E-state index contributed by atoms with van der Waals surface area (Å²) in [5.41, 5.74) is 1.31. The monoisotopic (exact) mass is 588 g/mol. The van der Waals surface area contributed by atoms with Crippen molar-refractivity contribution in [3.63, 3.8) is 0 Å². The zero-order chi connectivity index (χ0) is 31.2. The molecule has 0 spiro atoms. The van der Waals surface area contributed by atoms with Crippen LogP contribution >= 0.6 is 0 Å². The number of amides is 4. The molecule has 0 radical (unpaired) electrons. The number of ether oxygens (including phenoxy) is 2. The number of carbonyl (C=O) groups is 4. The lowest BCUT2D eigenvalue weighted by Crippen LogP contribution is -2.59. The molecule has 2 heterocycles. The van der Waals surface area contributed by atoms with Crippen molar-refractivity contribution in [3.8, 4) is 0 Å². The summed E-state index contributed by atoms with van der Waals surface area (Å²) in [5, 5.41) is 24.9. The molecule has 42 heavy (non-hydrogen) atoms. The quantitative estimate of drug-likeness (QED) is 0.303. The molecule has 0 bridgehead atoms. The molecule has 12 nitrogen and oxygen atoms in total. The highest BCUT2D eigenvalue weighted by Crippen LogP contribution is 2.29. The van der Waals surface area contributed by atoms with Crippen LogP contribution in [0.4, 0.5) is 9.59 Å². The number of alkyl carbamates (subject to hydrolysis) is 1. The Morgan fingerprint density at radius 2 is 1.69 bits per heavy atom. The van der Waals surface area contributed by atoms with Crippen LogP contribution in [0.15, 0.2) is 24.3 Å². The van der Waals surface area contributed by atoms with Gasteiger partial charge >= 0.3 is 19.3 Å². The van der Waals surface area contributed by atoms with Crippen molar-refractivity contribution >= 4 is 31.1 Å². The Morgan fingerprint density at radius 1 is 1.07 bits per heavy atom. The van der Waals surface area contributed by atoms with E-state index < -0.39 is 60.7 Å². The van der Waals surface area contributed by atoms with Gasteiger partial charge in [0, 0.05) is 19.5 Å². The molecule has 4 atom stereocenters. The number of carbonyl (C=O) groups excluding carboxylic acids is 4. The van der Waals surface area contributed by atoms with Gasteiger partial charge in [-0.25, -0.2) is 9.59 Å². The summed E-state index contributed by atoms with van der Waals surface area (Å²) in [6.45, 7) is 11.9. The minimum atomic E-state index is -1.79. The molecule has 0 saturated carbocycles. The molecule has 1 saturated heterocycles. The Kier molecular flexibility index (Phi) is 11.3. The topological polar surface area (TPSA) is 158 Å². The highest BCUT2D eigenvalue weighted by Gasteiger charge is 2.47. The number of likely N-dealkylation sites (tertiary alicyclic amines) is 1. The summed E-state index contributed by atoms with van der Waals surface area (Å²) in [5.74, 6) is -1.97. The number of nitrogens with zero attached hydrogens (tertiary/aromatic N) is 2. The first-order valence-corrected chi connectivity index (χ1v) is 14.6. The van der Waals surface area contributed by atoms with E-state index in [9.17, 15) is 29.2 Å². The van der Waals surface area contributed by atoms with Gasteiger partial charge in [0.25, 0.3) is 0 Å². The van der Waals surface area contributed by atoms with Crippen LogP contribution in [-0.4, -0.2) is 88.2 Å². The third-order valence-corrected chi connectivity index (χ3v) is 7.43. The molecule has 2 aliphatic heterocycles. The molecule has 232 valence electrons. The van der Waals surface area contributed by atoms with Crippen molar-refractivity contribution in [2.75, 3.05) is 13.2 Å². The van der Waals surface area contributed by atoms with E-state index in [1.54, 1.807) is 25.7 Å². The average molecular weight is 589 g/mol. The Hall–Kier alpha value is -3.32. The molecular formula is C29H45BN4O8. The van der Waals surface area contributed by atoms with Gasteiger partial charge in [-0.3, -0.25) is 14.5 Å². The number of rotatable bonds is 10. The molecule has 1 aromatic rings. The Bertz CT molecular complexity index is 1100. The maximum Gasteiger partial charge on any atom is 0.475 e. The number of hydrogen-bond donors (Lipinski definition) is 4. The van der Waals surface area contributed by atoms with Crippen LogP contribution in [0.3, 0.4) is 0 Å². The smallest absolute Gasteiger partial charge is 0.449 e. The van der Waals surface area contributed by atoms with Crippen molar-refractivity contribution < 1.29 is 38.7 Å². The van der Waals surface area contributed by atoms with Gasteiger partial charge in [0.05, 0.1) is 19.1 Å². The van der Waals surface area contributed by atoms with Crippen molar-refractivity contribution in [1.82, 2.24) is 20.4 Å². The van der Waals surface area contributed by atoms with Crippen molar-refractivity contribution in [2.45, 2.75) is 98.0 Å². The highest BCUT2D eigenvalue weighted by molar-refractivity contribution is 6.43. The summed E-state index contributed by atoms with van der Waals surface area (Å²) in [7, 11) is -1.79. The predicted molar refractivity (Wildman–Crippen MR) is 156 cm³/mol. The van der Waals surface area contributed by atoms with E-state index >= 15 is 0 Å². The van der Waals surface area contributed by atoms with E-state index in [-0.39, 0.29) is 25.5 Å². The lowest BCUT2D eigenvalue weighted by atomic mass is 9.76. The van der Waals surface area contributed by atoms with E-state index in [0.717, 1.165) is 11.1 Å². The second-order valence-electron chi connectivity index (χ2n) is 12.6. The largest absolute Gasteiger partial charge is 0.475 e. The van der Waals surface area contributed by atoms with E-state index in [2.05, 4.69) is 10.6 Å². The van der Waals surface area contributed by atoms with Gasteiger partial charge in [-0.05, 0) is 28.9 Å². The second-order valence-corrected chi connectivity index (χ2v) is 12.6. The maximum absolute atomic E-state index is 14.0. The van der Waals surface area contributed by atoms with Crippen LogP contribution in [0.5, 0.6) is 0 Å². The van der Waals surface area contributed by atoms with Gasteiger partial charge in [0.2, 0.25) is 11.8 Å². The predicted octanol–water partition coefficient (Wildman–Crippen LogP) is 2.20. The van der Waals surface area contributed by atoms with Crippen LogP contribution in [0.25, 0.3) is 0 Å². The fourth-order valence-electron chi connectivity index (χ4n) is 5.16. The SMILES string of the molecule is CCC[C@H](NC(=O)[C@@H]1C[C@@H](OC(=O)N2Cc3ccccc3C2)CN1C(=O)[C@@H](NC(=O)OCC(C)C)C(C)(C)C)B(O)O. The molecule has 4 N–H and O–H groups in total. The Morgan fingerprint density at radius 3 is 2.21 bits per heavy atom. The minimum absolute atomic E-state index is 0.0130. The van der Waals surface area contributed by atoms with Crippen LogP contribution in [0.2, 0.25) is 0 Å². The highest BCUT2D eigenvalue weighted by atomic mass is 16.6. The minimum Gasteiger partial charge on any atom is -0.449 e. The number of nitrogens with one attached hydrogen (secondary N) is 2. The van der Waals surface area contributed by atoms with Crippen LogP contribution < -0.4 is 10.6 Å². The lowest BCUT2D eigenvalue weighted by molar-refractivity contribution is -0.142. The van der Waals surface area contributed by atoms with E-state index in [4.69, 9.17) is 9.47 Å². The fourth-order valence-corrected chi connectivity index (χ4v) is 5.16. The molecule has 0 unspecified atom stereocenters. The average Bonchev–Trinajstić information content (AvgIpc) is 3.54. The van der Waals surface area contributed by atoms with Gasteiger partial charge < -0.3 is 35.1 Å². The molecule has 4 amide bonds. The van der Waals surface area contributed by atoms with Crippen molar-refractivity contribution in [1.29, 1.82) is 0 Å². The standard InChI is InChI=1S/C29H45BN4O8/c1-7-10-23(30(39)40)31-25(35)22-13-21(42-28(38)33-14-19-11-8-9-12-20(19)15-33)16-34(22)26(36)24(29(4,5)6)32-27(37)41-17-18(2)3/h8-9,11-12,18,21-24,39-40H,7,10,13-17H2,1-6H3,(H,31,35)(H,32,37)/t21-,22+,23+,24-/m1/s1. The molecule has 13 heteroatoms. The summed E-state index contributed by atoms with van der Waals surface area (Å²) in [4.78, 5) is 56.0. The van der Waals surface area contributed by atoms with Gasteiger partial charge in [0.15, 0.2) is 0 Å². The molecule has 3 rings (SSSR count). The van der Waals surface area contributed by atoms with Gasteiger partial charge in [-0.2, -0.15) is 0 Å². The van der Waals surface area contributed by atoms with E-state index in [0.29, 0.717) is 25.9 Å². The van der Waals surface area contributed by atoms with Crippen LogP contribution in [0, 0.1) is 11.3 Å². The molecule has 0 aliphatic carbocycles.